The van der Waals surface area contributed by atoms with Gasteiger partial charge in [-0.25, -0.2) is 4.98 Å². The fraction of sp³-hybridized carbons (Fsp3) is 0. The van der Waals surface area contributed by atoms with Gasteiger partial charge in [0.05, 0.1) is 5.39 Å². The Morgan fingerprint density at radius 2 is 2.07 bits per heavy atom. The van der Waals surface area contributed by atoms with E-state index in [9.17, 15) is 0 Å². The normalized spacial score (nSPS) is 10.6. The first-order valence-electron chi connectivity index (χ1n) is 4.41. The largest absolute Gasteiger partial charge is 0.456 e. The van der Waals surface area contributed by atoms with Crippen LogP contribution in [0.4, 0.5) is 0 Å². The van der Waals surface area contributed by atoms with E-state index in [4.69, 9.17) is 9.68 Å². The molecule has 0 saturated carbocycles. The Morgan fingerprint density at radius 1 is 1.20 bits per heavy atom. The number of fused-ring (bicyclic) bond motifs is 3. The SMILES string of the molecule is N#Cc1nccc2oc3ccncc3c12. The van der Waals surface area contributed by atoms with Crippen LogP contribution in [0.2, 0.25) is 0 Å². The highest BCUT2D eigenvalue weighted by Gasteiger charge is 2.10. The van der Waals surface area contributed by atoms with E-state index in [2.05, 4.69) is 9.97 Å². The van der Waals surface area contributed by atoms with Gasteiger partial charge < -0.3 is 4.42 Å². The fourth-order valence-corrected chi connectivity index (χ4v) is 1.65. The molecule has 0 N–H and O–H groups in total. The molecule has 0 saturated heterocycles. The van der Waals surface area contributed by atoms with Gasteiger partial charge in [-0.1, -0.05) is 0 Å². The maximum absolute atomic E-state index is 8.94. The van der Waals surface area contributed by atoms with Crippen molar-refractivity contribution >= 4 is 21.9 Å². The van der Waals surface area contributed by atoms with Crippen molar-refractivity contribution in [1.29, 1.82) is 5.26 Å². The maximum atomic E-state index is 8.94. The lowest BCUT2D eigenvalue weighted by Gasteiger charge is -1.89. The number of pyridine rings is 2. The smallest absolute Gasteiger partial charge is 0.152 e. The Labute approximate surface area is 84.8 Å². The van der Waals surface area contributed by atoms with Crippen LogP contribution < -0.4 is 0 Å². The van der Waals surface area contributed by atoms with Gasteiger partial charge in [-0.2, -0.15) is 5.26 Å². The van der Waals surface area contributed by atoms with Crippen molar-refractivity contribution in [3.8, 4) is 6.07 Å². The average Bonchev–Trinajstić information content (AvgIpc) is 2.67. The van der Waals surface area contributed by atoms with E-state index in [-0.39, 0.29) is 0 Å². The lowest BCUT2D eigenvalue weighted by molar-refractivity contribution is 0.668. The van der Waals surface area contributed by atoms with E-state index in [1.54, 1.807) is 30.7 Å². The summed E-state index contributed by atoms with van der Waals surface area (Å²) in [5, 5.41) is 10.5. The van der Waals surface area contributed by atoms with Gasteiger partial charge in [0.25, 0.3) is 0 Å². The lowest BCUT2D eigenvalue weighted by Crippen LogP contribution is -1.81. The molecule has 15 heavy (non-hydrogen) atoms. The monoisotopic (exact) mass is 195 g/mol. The average molecular weight is 195 g/mol. The van der Waals surface area contributed by atoms with Crippen LogP contribution in [0.1, 0.15) is 5.69 Å². The van der Waals surface area contributed by atoms with Crippen molar-refractivity contribution in [3.05, 3.63) is 36.4 Å². The summed E-state index contributed by atoms with van der Waals surface area (Å²) in [6.45, 7) is 0. The summed E-state index contributed by atoms with van der Waals surface area (Å²) in [7, 11) is 0. The predicted molar refractivity (Wildman–Crippen MR) is 54.0 cm³/mol. The number of hydrogen-bond acceptors (Lipinski definition) is 4. The van der Waals surface area contributed by atoms with Gasteiger partial charge in [0, 0.05) is 24.0 Å². The molecule has 0 amide bonds. The topological polar surface area (TPSA) is 62.7 Å². The van der Waals surface area contributed by atoms with Crippen molar-refractivity contribution in [2.45, 2.75) is 0 Å². The zero-order valence-corrected chi connectivity index (χ0v) is 7.64. The quantitative estimate of drug-likeness (QED) is 0.551. The molecule has 0 aliphatic rings. The van der Waals surface area contributed by atoms with Crippen LogP contribution in [0.5, 0.6) is 0 Å². The summed E-state index contributed by atoms with van der Waals surface area (Å²) in [5.74, 6) is 0. The van der Waals surface area contributed by atoms with Crippen molar-refractivity contribution < 1.29 is 4.42 Å². The molecule has 4 heteroatoms. The van der Waals surface area contributed by atoms with E-state index >= 15 is 0 Å². The van der Waals surface area contributed by atoms with E-state index in [1.165, 1.54) is 0 Å². The zero-order chi connectivity index (χ0) is 10.3. The molecule has 4 nitrogen and oxygen atoms in total. The molecule has 3 aromatic rings. The summed E-state index contributed by atoms with van der Waals surface area (Å²) in [6, 6.07) is 5.57. The second-order valence-corrected chi connectivity index (χ2v) is 3.12. The summed E-state index contributed by atoms with van der Waals surface area (Å²) >= 11 is 0. The highest BCUT2D eigenvalue weighted by Crippen LogP contribution is 2.28. The molecule has 0 aliphatic carbocycles. The molecular weight excluding hydrogens is 190 g/mol. The number of furan rings is 1. The van der Waals surface area contributed by atoms with Gasteiger partial charge in [-0.05, 0) is 12.1 Å². The zero-order valence-electron chi connectivity index (χ0n) is 7.64. The molecule has 70 valence electrons. The second kappa shape index (κ2) is 2.79. The third-order valence-corrected chi connectivity index (χ3v) is 2.29. The minimum Gasteiger partial charge on any atom is -0.456 e. The van der Waals surface area contributed by atoms with Crippen LogP contribution >= 0.6 is 0 Å². The van der Waals surface area contributed by atoms with Crippen molar-refractivity contribution in [1.82, 2.24) is 9.97 Å². The number of rotatable bonds is 0. The molecule has 3 rings (SSSR count). The van der Waals surface area contributed by atoms with Crippen LogP contribution in [0.3, 0.4) is 0 Å². The molecule has 0 aromatic carbocycles. The third kappa shape index (κ3) is 1.00. The number of nitriles is 1. The summed E-state index contributed by atoms with van der Waals surface area (Å²) in [6.07, 6.45) is 4.91. The summed E-state index contributed by atoms with van der Waals surface area (Å²) in [4.78, 5) is 8.01. The highest BCUT2D eigenvalue weighted by atomic mass is 16.3. The molecule has 0 radical (unpaired) electrons. The first-order chi connectivity index (χ1) is 7.40. The van der Waals surface area contributed by atoms with Crippen molar-refractivity contribution in [2.24, 2.45) is 0 Å². The molecular formula is C11H5N3O. The van der Waals surface area contributed by atoms with E-state index < -0.39 is 0 Å². The first kappa shape index (κ1) is 7.94. The summed E-state index contributed by atoms with van der Waals surface area (Å²) in [5.41, 5.74) is 1.77. The molecule has 3 aromatic heterocycles. The lowest BCUT2D eigenvalue weighted by atomic mass is 10.2. The standard InChI is InChI=1S/C11H5N3O/c12-5-8-11-7-6-13-3-1-9(7)15-10(11)2-4-14-8/h1-4,6H. The van der Waals surface area contributed by atoms with Crippen LogP contribution in [-0.4, -0.2) is 9.97 Å². The second-order valence-electron chi connectivity index (χ2n) is 3.12. The molecule has 0 bridgehead atoms. The van der Waals surface area contributed by atoms with Crippen LogP contribution in [0, 0.1) is 11.3 Å². The van der Waals surface area contributed by atoms with Gasteiger partial charge in [-0.3, -0.25) is 4.98 Å². The molecule has 3 heterocycles. The number of aromatic nitrogens is 2. The number of hydrogen-bond donors (Lipinski definition) is 0. The highest BCUT2D eigenvalue weighted by molar-refractivity contribution is 6.06. The Morgan fingerprint density at radius 3 is 2.93 bits per heavy atom. The predicted octanol–water partition coefficient (Wildman–Crippen LogP) is 2.25. The van der Waals surface area contributed by atoms with Gasteiger partial charge in [0.2, 0.25) is 0 Å². The molecule has 0 atom stereocenters. The van der Waals surface area contributed by atoms with Crippen molar-refractivity contribution in [2.75, 3.05) is 0 Å². The van der Waals surface area contributed by atoms with E-state index in [0.29, 0.717) is 11.3 Å². The third-order valence-electron chi connectivity index (χ3n) is 2.29. The van der Waals surface area contributed by atoms with Gasteiger partial charge in [-0.15, -0.1) is 0 Å². The molecule has 0 unspecified atom stereocenters. The first-order valence-corrected chi connectivity index (χ1v) is 4.41. The molecule has 0 aliphatic heterocycles. The van der Waals surface area contributed by atoms with Gasteiger partial charge in [0.1, 0.15) is 17.2 Å². The maximum Gasteiger partial charge on any atom is 0.152 e. The van der Waals surface area contributed by atoms with Gasteiger partial charge >= 0.3 is 0 Å². The Bertz CT molecular complexity index is 694. The minimum atomic E-state index is 0.374. The molecule has 0 spiro atoms. The Balaban J connectivity index is 2.64. The van der Waals surface area contributed by atoms with Gasteiger partial charge in [0.15, 0.2) is 5.69 Å². The van der Waals surface area contributed by atoms with Crippen LogP contribution in [0.25, 0.3) is 21.9 Å². The Kier molecular flexibility index (Phi) is 1.48. The van der Waals surface area contributed by atoms with Crippen LogP contribution in [0.15, 0.2) is 35.1 Å². The van der Waals surface area contributed by atoms with E-state index in [1.807, 2.05) is 6.07 Å². The molecule has 0 fully saturated rings. The van der Waals surface area contributed by atoms with Crippen LogP contribution in [-0.2, 0) is 0 Å². The summed E-state index contributed by atoms with van der Waals surface area (Å²) < 4.78 is 5.56. The minimum absolute atomic E-state index is 0.374. The van der Waals surface area contributed by atoms with Crippen molar-refractivity contribution in [3.63, 3.8) is 0 Å². The number of nitrogens with zero attached hydrogens (tertiary/aromatic N) is 3. The van der Waals surface area contributed by atoms with E-state index in [0.717, 1.165) is 16.4 Å². The fourth-order valence-electron chi connectivity index (χ4n) is 1.65. The Hall–Kier alpha value is -2.41.